The number of unbranched alkanes of at least 4 members (excludes halogenated alkanes) is 1. The summed E-state index contributed by atoms with van der Waals surface area (Å²) in [7, 11) is 0. The quantitative estimate of drug-likeness (QED) is 0.692. The van der Waals surface area contributed by atoms with E-state index >= 15 is 0 Å². The van der Waals surface area contributed by atoms with Crippen LogP contribution in [0.5, 0.6) is 0 Å². The Morgan fingerprint density at radius 2 is 2.00 bits per heavy atom. The summed E-state index contributed by atoms with van der Waals surface area (Å²) < 4.78 is 0. The second kappa shape index (κ2) is 7.84. The van der Waals surface area contributed by atoms with Crippen LogP contribution in [0, 0.1) is 0 Å². The van der Waals surface area contributed by atoms with Gasteiger partial charge in [0.1, 0.15) is 0 Å². The zero-order chi connectivity index (χ0) is 16.9. The van der Waals surface area contributed by atoms with E-state index < -0.39 is 11.5 Å². The Morgan fingerprint density at radius 1 is 1.26 bits per heavy atom. The third-order valence-corrected chi connectivity index (χ3v) is 5.34. The van der Waals surface area contributed by atoms with Gasteiger partial charge in [-0.2, -0.15) is 0 Å². The minimum Gasteiger partial charge on any atom is -0.479 e. The molecular weight excluding hydrogens is 330 g/mol. The fourth-order valence-corrected chi connectivity index (χ4v) is 4.18. The predicted octanol–water partition coefficient (Wildman–Crippen LogP) is 5.40. The maximum atomic E-state index is 12.5. The van der Waals surface area contributed by atoms with Crippen molar-refractivity contribution in [1.29, 1.82) is 0 Å². The molecule has 0 saturated carbocycles. The normalized spacial score (nSPS) is 13.5. The lowest BCUT2D eigenvalue weighted by Gasteiger charge is -2.42. The second-order valence-electron chi connectivity index (χ2n) is 5.44. The molecule has 0 spiro atoms. The molecule has 2 rings (SSSR count). The van der Waals surface area contributed by atoms with E-state index in [1.165, 1.54) is 0 Å². The average molecular weight is 352 g/mol. The van der Waals surface area contributed by atoms with Crippen LogP contribution in [0.15, 0.2) is 41.8 Å². The molecule has 0 fully saturated rings. The zero-order valence-electron chi connectivity index (χ0n) is 13.5. The first kappa shape index (κ1) is 17.8. The van der Waals surface area contributed by atoms with Crippen LogP contribution in [-0.2, 0) is 10.3 Å². The Hall–Kier alpha value is -1.52. The summed E-state index contributed by atoms with van der Waals surface area (Å²) >= 11 is 7.96. The van der Waals surface area contributed by atoms with Crippen molar-refractivity contribution in [2.75, 3.05) is 11.4 Å². The van der Waals surface area contributed by atoms with Gasteiger partial charge in [-0.1, -0.05) is 49.6 Å². The molecule has 0 aliphatic carbocycles. The number of hydrogen-bond acceptors (Lipinski definition) is 3. The zero-order valence-corrected chi connectivity index (χ0v) is 15.0. The number of anilines is 1. The van der Waals surface area contributed by atoms with Gasteiger partial charge in [0.05, 0.1) is 5.00 Å². The molecule has 23 heavy (non-hydrogen) atoms. The summed E-state index contributed by atoms with van der Waals surface area (Å²) in [5.41, 5.74) is -0.480. The SMILES string of the molecule is CCCCC(C(=O)O)(c1ccccc1Cl)N(CC)c1cccs1. The summed E-state index contributed by atoms with van der Waals surface area (Å²) in [4.78, 5) is 14.4. The topological polar surface area (TPSA) is 40.5 Å². The van der Waals surface area contributed by atoms with Crippen molar-refractivity contribution >= 4 is 33.9 Å². The van der Waals surface area contributed by atoms with E-state index in [9.17, 15) is 9.90 Å². The van der Waals surface area contributed by atoms with Crippen molar-refractivity contribution in [3.8, 4) is 0 Å². The molecule has 0 radical (unpaired) electrons. The van der Waals surface area contributed by atoms with Gasteiger partial charge < -0.3 is 10.0 Å². The summed E-state index contributed by atoms with van der Waals surface area (Å²) in [6, 6.07) is 11.2. The molecule has 0 saturated heterocycles. The van der Waals surface area contributed by atoms with Crippen molar-refractivity contribution in [2.45, 2.75) is 38.6 Å². The standard InChI is InChI=1S/C18H22ClNO2S/c1-3-5-12-18(17(21)22,14-9-6-7-10-15(14)19)20(4-2)16-11-8-13-23-16/h6-11,13H,3-5,12H2,1-2H3,(H,21,22). The van der Waals surface area contributed by atoms with Crippen LogP contribution in [0.3, 0.4) is 0 Å². The average Bonchev–Trinajstić information content (AvgIpc) is 3.06. The lowest BCUT2D eigenvalue weighted by molar-refractivity contribution is -0.144. The molecule has 5 heteroatoms. The summed E-state index contributed by atoms with van der Waals surface area (Å²) in [5, 5.41) is 13.7. The molecule has 1 aromatic carbocycles. The van der Waals surface area contributed by atoms with Gasteiger partial charge in [0.15, 0.2) is 5.54 Å². The van der Waals surface area contributed by atoms with Crippen LogP contribution in [-0.4, -0.2) is 17.6 Å². The van der Waals surface area contributed by atoms with Crippen LogP contribution in [0.2, 0.25) is 5.02 Å². The van der Waals surface area contributed by atoms with Gasteiger partial charge in [0.25, 0.3) is 0 Å². The summed E-state index contributed by atoms with van der Waals surface area (Å²) in [6.07, 6.45) is 2.27. The third-order valence-electron chi connectivity index (χ3n) is 4.11. The molecule has 1 aromatic heterocycles. The number of rotatable bonds is 8. The van der Waals surface area contributed by atoms with Gasteiger partial charge in [0, 0.05) is 17.1 Å². The second-order valence-corrected chi connectivity index (χ2v) is 6.78. The smallest absolute Gasteiger partial charge is 0.334 e. The molecule has 0 aliphatic rings. The van der Waals surface area contributed by atoms with Crippen molar-refractivity contribution in [1.82, 2.24) is 0 Å². The Morgan fingerprint density at radius 3 is 2.52 bits per heavy atom. The number of carboxylic acid groups (broad SMARTS) is 1. The highest BCUT2D eigenvalue weighted by molar-refractivity contribution is 7.14. The molecule has 1 N–H and O–H groups in total. The van der Waals surface area contributed by atoms with Crippen molar-refractivity contribution in [3.05, 3.63) is 52.4 Å². The van der Waals surface area contributed by atoms with E-state index in [0.29, 0.717) is 23.6 Å². The number of carboxylic acids is 1. The number of thiophene rings is 1. The molecule has 1 heterocycles. The van der Waals surface area contributed by atoms with Crippen molar-refractivity contribution in [2.24, 2.45) is 0 Å². The minimum absolute atomic E-state index is 0.501. The van der Waals surface area contributed by atoms with Gasteiger partial charge >= 0.3 is 5.97 Å². The number of likely N-dealkylation sites (N-methyl/N-ethyl adjacent to an activating group) is 1. The van der Waals surface area contributed by atoms with Gasteiger partial charge in [-0.15, -0.1) is 11.3 Å². The highest BCUT2D eigenvalue weighted by atomic mass is 35.5. The Kier molecular flexibility index (Phi) is 6.08. The Labute approximate surface area is 146 Å². The summed E-state index contributed by atoms with van der Waals surface area (Å²) in [5.74, 6) is -0.852. The van der Waals surface area contributed by atoms with E-state index in [4.69, 9.17) is 11.6 Å². The molecule has 3 nitrogen and oxygen atoms in total. The van der Waals surface area contributed by atoms with Crippen LogP contribution >= 0.6 is 22.9 Å². The Balaban J connectivity index is 2.66. The molecule has 2 aromatic rings. The fourth-order valence-electron chi connectivity index (χ4n) is 3.02. The number of aliphatic carboxylic acids is 1. The van der Waals surface area contributed by atoms with E-state index in [1.807, 2.05) is 47.5 Å². The third kappa shape index (κ3) is 3.38. The molecule has 124 valence electrons. The van der Waals surface area contributed by atoms with Gasteiger partial charge in [0.2, 0.25) is 0 Å². The summed E-state index contributed by atoms with van der Waals surface area (Å²) in [6.45, 7) is 4.66. The molecule has 0 amide bonds. The van der Waals surface area contributed by atoms with Crippen LogP contribution in [0.25, 0.3) is 0 Å². The first-order valence-electron chi connectivity index (χ1n) is 7.87. The number of nitrogens with zero attached hydrogens (tertiary/aromatic N) is 1. The lowest BCUT2D eigenvalue weighted by Crippen LogP contribution is -2.52. The van der Waals surface area contributed by atoms with Crippen molar-refractivity contribution in [3.63, 3.8) is 0 Å². The number of halogens is 1. The van der Waals surface area contributed by atoms with Crippen LogP contribution in [0.4, 0.5) is 5.00 Å². The van der Waals surface area contributed by atoms with E-state index in [1.54, 1.807) is 17.4 Å². The largest absolute Gasteiger partial charge is 0.479 e. The highest BCUT2D eigenvalue weighted by Crippen LogP contribution is 2.42. The maximum absolute atomic E-state index is 12.5. The van der Waals surface area contributed by atoms with Crippen LogP contribution in [0.1, 0.15) is 38.7 Å². The van der Waals surface area contributed by atoms with Crippen molar-refractivity contribution < 1.29 is 9.90 Å². The number of carbonyl (C=O) groups is 1. The lowest BCUT2D eigenvalue weighted by atomic mass is 9.83. The van der Waals surface area contributed by atoms with E-state index in [0.717, 1.165) is 17.8 Å². The first-order valence-corrected chi connectivity index (χ1v) is 9.13. The van der Waals surface area contributed by atoms with E-state index in [2.05, 4.69) is 6.92 Å². The molecular formula is C18H22ClNO2S. The molecule has 0 bridgehead atoms. The highest BCUT2D eigenvalue weighted by Gasteiger charge is 2.46. The molecule has 1 unspecified atom stereocenters. The van der Waals surface area contributed by atoms with E-state index in [-0.39, 0.29) is 0 Å². The maximum Gasteiger partial charge on any atom is 0.334 e. The minimum atomic E-state index is -1.14. The number of benzene rings is 1. The Bertz CT molecular complexity index is 644. The van der Waals surface area contributed by atoms with Gasteiger partial charge in [-0.3, -0.25) is 0 Å². The monoisotopic (exact) mass is 351 g/mol. The molecule has 1 atom stereocenters. The molecule has 0 aliphatic heterocycles. The fraction of sp³-hybridized carbons (Fsp3) is 0.389. The van der Waals surface area contributed by atoms with Gasteiger partial charge in [-0.25, -0.2) is 4.79 Å². The predicted molar refractivity (Wildman–Crippen MR) is 97.6 cm³/mol. The number of hydrogen-bond donors (Lipinski definition) is 1. The van der Waals surface area contributed by atoms with Gasteiger partial charge in [-0.05, 0) is 36.9 Å². The first-order chi connectivity index (χ1) is 11.1. The van der Waals surface area contributed by atoms with Crippen LogP contribution < -0.4 is 4.90 Å².